The number of allylic oxidation sites excluding steroid dienone is 2. The summed E-state index contributed by atoms with van der Waals surface area (Å²) in [6.45, 7) is 0.249. The van der Waals surface area contributed by atoms with E-state index in [9.17, 15) is 19.1 Å². The lowest BCUT2D eigenvalue weighted by atomic mass is 9.82. The number of carboxylic acids is 1. The minimum atomic E-state index is -1.20. The number of halogens is 1. The molecule has 5 heteroatoms. The zero-order chi connectivity index (χ0) is 14.5. The first-order chi connectivity index (χ1) is 9.58. The Labute approximate surface area is 116 Å². The van der Waals surface area contributed by atoms with E-state index in [4.69, 9.17) is 0 Å². The predicted octanol–water partition coefficient (Wildman–Crippen LogP) is 0.774. The maximum absolute atomic E-state index is 12.7. The summed E-state index contributed by atoms with van der Waals surface area (Å²) in [4.78, 5) is 23.1. The van der Waals surface area contributed by atoms with Gasteiger partial charge in [-0.1, -0.05) is 24.3 Å². The number of carboxylic acid groups (broad SMARTS) is 1. The van der Waals surface area contributed by atoms with Crippen molar-refractivity contribution in [3.8, 4) is 0 Å². The van der Waals surface area contributed by atoms with E-state index in [1.54, 1.807) is 18.2 Å². The van der Waals surface area contributed by atoms with Gasteiger partial charge < -0.3 is 15.2 Å². The average Bonchev–Trinajstić information content (AvgIpc) is 2.46. The highest BCUT2D eigenvalue weighted by Gasteiger charge is 2.29. The maximum atomic E-state index is 12.7. The van der Waals surface area contributed by atoms with E-state index in [0.717, 1.165) is 5.56 Å². The fraction of sp³-hybridized carbons (Fsp3) is 0.333. The smallest absolute Gasteiger partial charge is 0.224 e. The largest absolute Gasteiger partial charge is 0.550 e. The van der Waals surface area contributed by atoms with Crippen LogP contribution >= 0.6 is 0 Å². The van der Waals surface area contributed by atoms with Gasteiger partial charge in [-0.05, 0) is 30.5 Å². The summed E-state index contributed by atoms with van der Waals surface area (Å²) in [5.41, 5.74) is 0.760. The predicted molar refractivity (Wildman–Crippen MR) is 68.6 cm³/mol. The van der Waals surface area contributed by atoms with Crippen LogP contribution in [0.4, 0.5) is 4.39 Å². The van der Waals surface area contributed by atoms with Gasteiger partial charge >= 0.3 is 0 Å². The lowest BCUT2D eigenvalue weighted by Gasteiger charge is -2.28. The Kier molecular flexibility index (Phi) is 4.50. The van der Waals surface area contributed by atoms with Crippen LogP contribution < -0.4 is 10.4 Å². The number of nitrogens with one attached hydrogen (secondary N) is 1. The molecule has 1 amide bonds. The molecule has 1 aromatic carbocycles. The minimum Gasteiger partial charge on any atom is -0.550 e. The van der Waals surface area contributed by atoms with Crippen molar-refractivity contribution in [2.75, 3.05) is 0 Å². The molecule has 0 bridgehead atoms. The SMILES string of the molecule is O=C([O-])[C@@H]1CC=CC[C@H]1C(=O)NCc1ccc(F)cc1. The Morgan fingerprint density at radius 2 is 1.75 bits per heavy atom. The lowest BCUT2D eigenvalue weighted by molar-refractivity contribution is -0.313. The molecule has 0 unspecified atom stereocenters. The summed E-state index contributed by atoms with van der Waals surface area (Å²) in [6.07, 6.45) is 4.27. The third-order valence-electron chi connectivity index (χ3n) is 3.45. The molecule has 1 N–H and O–H groups in total. The first-order valence-electron chi connectivity index (χ1n) is 6.46. The molecule has 0 saturated heterocycles. The van der Waals surface area contributed by atoms with Crippen LogP contribution in [0.15, 0.2) is 36.4 Å². The third kappa shape index (κ3) is 3.44. The van der Waals surface area contributed by atoms with Gasteiger partial charge in [0.15, 0.2) is 0 Å². The van der Waals surface area contributed by atoms with Gasteiger partial charge in [0.25, 0.3) is 0 Å². The Balaban J connectivity index is 1.95. The van der Waals surface area contributed by atoms with Crippen molar-refractivity contribution in [3.63, 3.8) is 0 Å². The molecule has 106 valence electrons. The number of carbonyl (C=O) groups is 2. The van der Waals surface area contributed by atoms with Crippen LogP contribution in [0.3, 0.4) is 0 Å². The number of amides is 1. The molecule has 2 rings (SSSR count). The molecule has 2 atom stereocenters. The second-order valence-corrected chi connectivity index (χ2v) is 4.82. The van der Waals surface area contributed by atoms with Crippen molar-refractivity contribution in [3.05, 3.63) is 47.8 Å². The topological polar surface area (TPSA) is 69.2 Å². The molecule has 4 nitrogen and oxygen atoms in total. The second kappa shape index (κ2) is 6.32. The normalized spacial score (nSPS) is 21.4. The second-order valence-electron chi connectivity index (χ2n) is 4.82. The fourth-order valence-electron chi connectivity index (χ4n) is 2.29. The van der Waals surface area contributed by atoms with E-state index < -0.39 is 17.8 Å². The quantitative estimate of drug-likeness (QED) is 0.826. The van der Waals surface area contributed by atoms with Crippen molar-refractivity contribution < 1.29 is 19.1 Å². The van der Waals surface area contributed by atoms with Crippen molar-refractivity contribution in [1.82, 2.24) is 5.32 Å². The van der Waals surface area contributed by atoms with Crippen LogP contribution in [-0.4, -0.2) is 11.9 Å². The van der Waals surface area contributed by atoms with E-state index in [0.29, 0.717) is 12.8 Å². The van der Waals surface area contributed by atoms with Crippen LogP contribution in [0.1, 0.15) is 18.4 Å². The van der Waals surface area contributed by atoms with Gasteiger partial charge in [-0.3, -0.25) is 4.79 Å². The number of hydrogen-bond donors (Lipinski definition) is 1. The van der Waals surface area contributed by atoms with Crippen LogP contribution in [0.25, 0.3) is 0 Å². The van der Waals surface area contributed by atoms with Crippen LogP contribution in [0, 0.1) is 17.7 Å². The summed E-state index contributed by atoms with van der Waals surface area (Å²) in [5, 5.41) is 13.7. The monoisotopic (exact) mass is 276 g/mol. The summed E-state index contributed by atoms with van der Waals surface area (Å²) in [6, 6.07) is 5.78. The van der Waals surface area contributed by atoms with Crippen LogP contribution in [0.2, 0.25) is 0 Å². The molecule has 0 spiro atoms. The third-order valence-corrected chi connectivity index (χ3v) is 3.45. The van der Waals surface area contributed by atoms with Gasteiger partial charge in [0.1, 0.15) is 5.82 Å². The molecule has 1 aliphatic carbocycles. The lowest BCUT2D eigenvalue weighted by Crippen LogP contribution is -2.43. The zero-order valence-corrected chi connectivity index (χ0v) is 10.8. The van der Waals surface area contributed by atoms with Crippen molar-refractivity contribution in [2.24, 2.45) is 11.8 Å². The van der Waals surface area contributed by atoms with E-state index in [1.807, 2.05) is 6.08 Å². The Hall–Kier alpha value is -2.17. The van der Waals surface area contributed by atoms with E-state index in [1.165, 1.54) is 12.1 Å². The molecular formula is C15H15FNO3-. The molecule has 1 aliphatic rings. The highest BCUT2D eigenvalue weighted by Crippen LogP contribution is 2.25. The van der Waals surface area contributed by atoms with Crippen molar-refractivity contribution >= 4 is 11.9 Å². The number of rotatable bonds is 4. The Morgan fingerprint density at radius 3 is 2.35 bits per heavy atom. The van der Waals surface area contributed by atoms with E-state index in [-0.39, 0.29) is 18.3 Å². The van der Waals surface area contributed by atoms with Crippen molar-refractivity contribution in [1.29, 1.82) is 0 Å². The number of benzene rings is 1. The standard InChI is InChI=1S/C15H16FNO3/c16-11-7-5-10(6-8-11)9-17-14(18)12-3-1-2-4-13(12)15(19)20/h1-2,5-8,12-13H,3-4,9H2,(H,17,18)(H,19,20)/p-1/t12-,13-/m1/s1. The molecule has 0 aromatic heterocycles. The van der Waals surface area contributed by atoms with Gasteiger partial charge in [-0.15, -0.1) is 0 Å². The van der Waals surface area contributed by atoms with Gasteiger partial charge in [0.2, 0.25) is 5.91 Å². The van der Waals surface area contributed by atoms with Gasteiger partial charge in [-0.25, -0.2) is 4.39 Å². The molecule has 20 heavy (non-hydrogen) atoms. The summed E-state index contributed by atoms with van der Waals surface area (Å²) in [5.74, 6) is -3.24. The number of aliphatic carboxylic acids is 1. The van der Waals surface area contributed by atoms with E-state index >= 15 is 0 Å². The molecule has 0 fully saturated rings. The maximum Gasteiger partial charge on any atom is 0.224 e. The van der Waals surface area contributed by atoms with Gasteiger partial charge in [-0.2, -0.15) is 0 Å². The molecule has 0 heterocycles. The number of carbonyl (C=O) groups excluding carboxylic acids is 2. The highest BCUT2D eigenvalue weighted by molar-refractivity contribution is 5.84. The number of hydrogen-bond acceptors (Lipinski definition) is 3. The fourth-order valence-corrected chi connectivity index (χ4v) is 2.29. The first kappa shape index (κ1) is 14.2. The van der Waals surface area contributed by atoms with Crippen LogP contribution in [-0.2, 0) is 16.1 Å². The first-order valence-corrected chi connectivity index (χ1v) is 6.46. The Morgan fingerprint density at radius 1 is 1.15 bits per heavy atom. The van der Waals surface area contributed by atoms with Gasteiger partial charge in [0.05, 0.1) is 0 Å². The average molecular weight is 276 g/mol. The minimum absolute atomic E-state index is 0.249. The highest BCUT2D eigenvalue weighted by atomic mass is 19.1. The molecular weight excluding hydrogens is 261 g/mol. The zero-order valence-electron chi connectivity index (χ0n) is 10.8. The summed E-state index contributed by atoms with van der Waals surface area (Å²) >= 11 is 0. The molecule has 0 aliphatic heterocycles. The molecule has 1 aromatic rings. The van der Waals surface area contributed by atoms with Crippen molar-refractivity contribution in [2.45, 2.75) is 19.4 Å². The molecule has 0 saturated carbocycles. The van der Waals surface area contributed by atoms with Gasteiger partial charge in [0, 0.05) is 24.3 Å². The van der Waals surface area contributed by atoms with Crippen LogP contribution in [0.5, 0.6) is 0 Å². The molecule has 0 radical (unpaired) electrons. The Bertz CT molecular complexity index is 524. The van der Waals surface area contributed by atoms with E-state index in [2.05, 4.69) is 5.32 Å². The summed E-state index contributed by atoms with van der Waals surface area (Å²) in [7, 11) is 0. The summed E-state index contributed by atoms with van der Waals surface area (Å²) < 4.78 is 12.7.